The predicted octanol–water partition coefficient (Wildman–Crippen LogP) is 10.6. The van der Waals surface area contributed by atoms with Crippen molar-refractivity contribution in [3.05, 3.63) is 287 Å². The van der Waals surface area contributed by atoms with Crippen LogP contribution in [0.1, 0.15) is 99.3 Å². The van der Waals surface area contributed by atoms with E-state index in [-0.39, 0.29) is 46.6 Å². The second-order valence-electron chi connectivity index (χ2n) is 18.7. The van der Waals surface area contributed by atoms with E-state index in [0.29, 0.717) is 0 Å². The van der Waals surface area contributed by atoms with Gasteiger partial charge in [-0.15, -0.1) is 0 Å². The summed E-state index contributed by atoms with van der Waals surface area (Å²) in [6, 6.07) is 70.4. The molecular weight excluding hydrogens is 977 g/mol. The summed E-state index contributed by atoms with van der Waals surface area (Å²) in [6.07, 6.45) is -7.00. The Labute approximate surface area is 454 Å². The monoisotopic (exact) mass is 1030 g/mol. The van der Waals surface area contributed by atoms with Crippen molar-refractivity contribution in [3.63, 3.8) is 0 Å². The number of Topliss-reactive ketones (excluding diaryl/α,β-unsaturated/α-hetero) is 1. The highest BCUT2D eigenvalue weighted by atomic mass is 16.2. The molecule has 6 amide bonds. The van der Waals surface area contributed by atoms with E-state index in [4.69, 9.17) is 0 Å². The molecule has 0 radical (unpaired) electrons. The van der Waals surface area contributed by atoms with Crippen molar-refractivity contribution >= 4 is 41.2 Å². The average molecular weight is 1040 g/mol. The van der Waals surface area contributed by atoms with E-state index in [0.717, 1.165) is 12.0 Å². The lowest BCUT2D eigenvalue weighted by Crippen LogP contribution is -2.77. The van der Waals surface area contributed by atoms with Gasteiger partial charge in [-0.1, -0.05) is 184 Å². The molecule has 13 rings (SSSR count). The van der Waals surface area contributed by atoms with E-state index >= 15 is 28.8 Å². The zero-order valence-corrected chi connectivity index (χ0v) is 42.3. The normalized spacial score (nSPS) is 19.1. The third-order valence-corrected chi connectivity index (χ3v) is 14.2. The Bertz CT molecular complexity index is 3080. The lowest BCUT2D eigenvalue weighted by molar-refractivity contribution is -0.102. The Kier molecular flexibility index (Phi) is 15.9. The van der Waals surface area contributed by atoms with Gasteiger partial charge in [-0.3, -0.25) is 63.0 Å². The van der Waals surface area contributed by atoms with Gasteiger partial charge in [0.1, 0.15) is 0 Å². The van der Waals surface area contributed by atoms with E-state index in [1.807, 2.05) is 36.4 Å². The SMILES string of the molecule is C.CC(=O)c1ccccc1.CCc1ccccc1.O=C(c1ccccc1)N1C2C3N(C(=O)c4ccccc4)C1C1N(C(=O)c4ccccc4)C(C(N1C(=O)c1ccccc1)N3C(=O)c1ccccc1)N2C(=O)c1ccccc1. The Balaban J connectivity index is 0.000000351. The van der Waals surface area contributed by atoms with Crippen LogP contribution in [0.25, 0.3) is 0 Å². The van der Waals surface area contributed by atoms with Crippen molar-refractivity contribution in [1.82, 2.24) is 29.4 Å². The fourth-order valence-electron chi connectivity index (χ4n) is 10.7. The Morgan fingerprint density at radius 1 is 0.269 bits per heavy atom. The first-order valence-corrected chi connectivity index (χ1v) is 25.5. The zero-order chi connectivity index (χ0) is 53.6. The number of hydrogen-bond donors (Lipinski definition) is 0. The molecule has 5 saturated heterocycles. The van der Waals surface area contributed by atoms with Gasteiger partial charge in [0.05, 0.1) is 0 Å². The van der Waals surface area contributed by atoms with Gasteiger partial charge in [0, 0.05) is 38.9 Å². The summed E-state index contributed by atoms with van der Waals surface area (Å²) in [5, 5.41) is 0. The quantitative estimate of drug-likeness (QED) is 0.138. The Morgan fingerprint density at radius 2 is 0.423 bits per heavy atom. The van der Waals surface area contributed by atoms with Crippen molar-refractivity contribution < 1.29 is 33.6 Å². The second kappa shape index (κ2) is 23.4. The molecule has 5 heterocycles. The van der Waals surface area contributed by atoms with Gasteiger partial charge in [-0.25, -0.2) is 0 Å². The predicted molar refractivity (Wildman–Crippen MR) is 297 cm³/mol. The minimum Gasteiger partial charge on any atom is -0.295 e. The van der Waals surface area contributed by atoms with Crippen LogP contribution in [-0.4, -0.2) is 108 Å². The number of ketones is 1. The highest BCUT2D eigenvalue weighted by Gasteiger charge is 2.77. The van der Waals surface area contributed by atoms with Gasteiger partial charge in [0.2, 0.25) is 0 Å². The molecule has 0 aromatic heterocycles. The molecule has 5 aliphatic heterocycles. The second-order valence-corrected chi connectivity index (χ2v) is 18.7. The van der Waals surface area contributed by atoms with Gasteiger partial charge in [0.15, 0.2) is 42.8 Å². The van der Waals surface area contributed by atoms with Crippen molar-refractivity contribution in [1.29, 1.82) is 0 Å². The van der Waals surface area contributed by atoms with Gasteiger partial charge in [0.25, 0.3) is 35.4 Å². The third kappa shape index (κ3) is 9.96. The van der Waals surface area contributed by atoms with E-state index < -0.39 is 72.4 Å². The zero-order valence-electron chi connectivity index (χ0n) is 42.3. The van der Waals surface area contributed by atoms with Gasteiger partial charge in [-0.05, 0) is 91.7 Å². The largest absolute Gasteiger partial charge is 0.295 e. The van der Waals surface area contributed by atoms with Crippen molar-refractivity contribution in [3.8, 4) is 0 Å². The molecule has 390 valence electrons. The molecule has 0 atom stereocenters. The molecule has 13 heteroatoms. The molecule has 5 aliphatic rings. The van der Waals surface area contributed by atoms with Crippen LogP contribution in [0.3, 0.4) is 0 Å². The van der Waals surface area contributed by atoms with Gasteiger partial charge in [-0.2, -0.15) is 0 Å². The van der Waals surface area contributed by atoms with Crippen LogP contribution in [0.2, 0.25) is 0 Å². The fourth-order valence-corrected chi connectivity index (χ4v) is 10.7. The summed E-state index contributed by atoms with van der Waals surface area (Å²) in [4.78, 5) is 112. The lowest BCUT2D eigenvalue weighted by Gasteiger charge is -2.54. The number of carbonyl (C=O) groups is 7. The number of rotatable bonds is 8. The van der Waals surface area contributed by atoms with Crippen LogP contribution in [-0.2, 0) is 6.42 Å². The minimum absolute atomic E-state index is 0. The molecule has 0 spiro atoms. The number of aryl methyl sites for hydroxylation is 1. The van der Waals surface area contributed by atoms with E-state index in [9.17, 15) is 4.79 Å². The first-order valence-electron chi connectivity index (χ1n) is 25.5. The lowest BCUT2D eigenvalue weighted by atomic mass is 10.0. The number of amides is 6. The molecule has 6 bridgehead atoms. The van der Waals surface area contributed by atoms with Crippen LogP contribution >= 0.6 is 0 Å². The number of benzene rings is 8. The Morgan fingerprint density at radius 3 is 0.551 bits per heavy atom. The highest BCUT2D eigenvalue weighted by Crippen LogP contribution is 2.54. The van der Waals surface area contributed by atoms with Crippen molar-refractivity contribution in [2.45, 2.75) is 64.7 Å². The number of hydrogen-bond acceptors (Lipinski definition) is 7. The molecule has 0 N–H and O–H groups in total. The van der Waals surface area contributed by atoms with Gasteiger partial charge < -0.3 is 0 Å². The van der Waals surface area contributed by atoms with Crippen LogP contribution in [0.15, 0.2) is 243 Å². The van der Waals surface area contributed by atoms with E-state index in [2.05, 4.69) is 31.2 Å². The smallest absolute Gasteiger partial charge is 0.257 e. The van der Waals surface area contributed by atoms with Crippen LogP contribution in [0.4, 0.5) is 0 Å². The third-order valence-electron chi connectivity index (χ3n) is 14.2. The molecule has 78 heavy (non-hydrogen) atoms. The molecule has 8 aromatic rings. The van der Waals surface area contributed by atoms with Crippen molar-refractivity contribution in [2.24, 2.45) is 0 Å². The summed E-state index contributed by atoms with van der Waals surface area (Å²) < 4.78 is 0. The van der Waals surface area contributed by atoms with Crippen LogP contribution < -0.4 is 0 Å². The van der Waals surface area contributed by atoms with Gasteiger partial charge >= 0.3 is 0 Å². The standard InChI is InChI=1S/C48H36N6O6.C8H8O.C8H10.CH4/c55-43(31-19-7-1-8-20-31)49-37-38-50(44(56)32-21-9-2-10-22-32)41(49)42-51(45(57)33-23-11-3-12-24-33)39(53(37)47(59)35-27-15-5-16-28-35)40(52(42)46(58)34-25-13-4-14-26-34)54(38)48(60)36-29-17-6-18-30-36;1-7(9)8-5-3-2-4-6-8;1-2-8-6-4-3-5-7-8;/h1-30,37-42H;2-6H,1H3;3-7H,2H2,1H3;1H4. The first-order chi connectivity index (χ1) is 37.6. The number of nitrogens with zero attached hydrogens (tertiary/aromatic N) is 6. The molecule has 13 nitrogen and oxygen atoms in total. The Hall–Kier alpha value is -9.75. The fraction of sp³-hybridized carbons (Fsp3) is 0.154. The van der Waals surface area contributed by atoms with Crippen molar-refractivity contribution in [2.75, 3.05) is 0 Å². The molecule has 0 aliphatic carbocycles. The van der Waals surface area contributed by atoms with E-state index in [1.54, 1.807) is 189 Å². The topological polar surface area (TPSA) is 139 Å². The van der Waals surface area contributed by atoms with Crippen LogP contribution in [0.5, 0.6) is 0 Å². The molecule has 0 saturated carbocycles. The first kappa shape index (κ1) is 53.1. The maximum Gasteiger partial charge on any atom is 0.257 e. The maximum absolute atomic E-state index is 15.5. The van der Waals surface area contributed by atoms with Crippen LogP contribution in [0, 0.1) is 0 Å². The molecule has 5 fully saturated rings. The molecule has 0 unspecified atom stereocenters. The maximum atomic E-state index is 15.5. The average Bonchev–Trinajstić information content (AvgIpc) is 3.18. The number of carbonyl (C=O) groups excluding carboxylic acids is 7. The number of piperazine rings is 1. The summed E-state index contributed by atoms with van der Waals surface area (Å²) in [6.45, 7) is 3.73. The molecule has 8 aromatic carbocycles. The molecular formula is C65H58N6O7. The summed E-state index contributed by atoms with van der Waals surface area (Å²) in [5.41, 5.74) is 3.63. The summed E-state index contributed by atoms with van der Waals surface area (Å²) >= 11 is 0. The summed E-state index contributed by atoms with van der Waals surface area (Å²) in [7, 11) is 0. The summed E-state index contributed by atoms with van der Waals surface area (Å²) in [5.74, 6) is -3.28. The van der Waals surface area contributed by atoms with E-state index in [1.165, 1.54) is 35.0 Å². The highest BCUT2D eigenvalue weighted by molar-refractivity contribution is 6.05. The minimum atomic E-state index is -1.41.